The van der Waals surface area contributed by atoms with Gasteiger partial charge in [0.25, 0.3) is 5.91 Å². The number of nitrogens with zero attached hydrogens (tertiary/aromatic N) is 3. The van der Waals surface area contributed by atoms with E-state index in [0.29, 0.717) is 5.69 Å². The minimum Gasteiger partial charge on any atom is -0.326 e. The van der Waals surface area contributed by atoms with Gasteiger partial charge in [-0.25, -0.2) is 4.90 Å². The van der Waals surface area contributed by atoms with Crippen LogP contribution in [0.5, 0.6) is 0 Å². The Morgan fingerprint density at radius 2 is 1.93 bits per heavy atom. The van der Waals surface area contributed by atoms with Gasteiger partial charge in [0.1, 0.15) is 10.4 Å². The van der Waals surface area contributed by atoms with Gasteiger partial charge in [0.05, 0.1) is 24.4 Å². The molecule has 1 saturated carbocycles. The van der Waals surface area contributed by atoms with Crippen molar-refractivity contribution in [2.75, 3.05) is 23.0 Å². The van der Waals surface area contributed by atoms with Crippen molar-refractivity contribution in [1.29, 1.82) is 0 Å². The van der Waals surface area contributed by atoms with Crippen LogP contribution in [-0.4, -0.2) is 57.1 Å². The van der Waals surface area contributed by atoms with Crippen LogP contribution in [0.1, 0.15) is 44.1 Å². The molecule has 1 aliphatic carbocycles. The summed E-state index contributed by atoms with van der Waals surface area (Å²) in [7, 11) is 0. The highest BCUT2D eigenvalue weighted by Crippen LogP contribution is 2.32. The first-order chi connectivity index (χ1) is 14.5. The number of imide groups is 1. The number of anilines is 1. The fraction of sp³-hybridized carbons (Fsp3) is 0.545. The Bertz CT molecular complexity index is 850. The molecule has 3 aliphatic rings. The van der Waals surface area contributed by atoms with Crippen molar-refractivity contribution in [1.82, 2.24) is 4.90 Å². The fourth-order valence-corrected chi connectivity index (χ4v) is 6.27. The van der Waals surface area contributed by atoms with E-state index in [4.69, 9.17) is 0 Å². The predicted octanol–water partition coefficient (Wildman–Crippen LogP) is 3.62. The molecule has 1 unspecified atom stereocenters. The number of aliphatic imine (C=N–C) groups is 1. The highest BCUT2D eigenvalue weighted by atomic mass is 32.2. The van der Waals surface area contributed by atoms with Gasteiger partial charge in [-0.05, 0) is 31.9 Å². The van der Waals surface area contributed by atoms with Crippen molar-refractivity contribution in [2.24, 2.45) is 4.99 Å². The molecule has 0 N–H and O–H groups in total. The molecule has 3 amide bonds. The molecule has 30 heavy (non-hydrogen) atoms. The van der Waals surface area contributed by atoms with Crippen LogP contribution in [0.15, 0.2) is 29.3 Å². The van der Waals surface area contributed by atoms with Gasteiger partial charge >= 0.3 is 0 Å². The summed E-state index contributed by atoms with van der Waals surface area (Å²) in [5.41, 5.74) is 1.65. The van der Waals surface area contributed by atoms with Crippen LogP contribution in [0.4, 0.5) is 5.69 Å². The Kier molecular flexibility index (Phi) is 6.83. The van der Waals surface area contributed by atoms with E-state index in [-0.39, 0.29) is 35.9 Å². The van der Waals surface area contributed by atoms with Crippen molar-refractivity contribution in [2.45, 2.75) is 57.5 Å². The average molecular weight is 446 g/mol. The predicted molar refractivity (Wildman–Crippen MR) is 123 cm³/mol. The first kappa shape index (κ1) is 21.4. The summed E-state index contributed by atoms with van der Waals surface area (Å²) >= 11 is 3.13. The van der Waals surface area contributed by atoms with Crippen LogP contribution in [-0.2, 0) is 14.4 Å². The minimum atomic E-state index is -0.701. The van der Waals surface area contributed by atoms with Gasteiger partial charge in [0.2, 0.25) is 11.8 Å². The molecule has 6 nitrogen and oxygen atoms in total. The first-order valence-corrected chi connectivity index (χ1v) is 12.6. The van der Waals surface area contributed by atoms with Crippen LogP contribution < -0.4 is 4.90 Å². The highest BCUT2D eigenvalue weighted by Gasteiger charge is 2.46. The van der Waals surface area contributed by atoms with Gasteiger partial charge in [0.15, 0.2) is 0 Å². The smallest absolute Gasteiger partial charge is 0.257 e. The number of amides is 3. The first-order valence-electron chi connectivity index (χ1n) is 10.6. The summed E-state index contributed by atoms with van der Waals surface area (Å²) < 4.78 is 0.946. The summed E-state index contributed by atoms with van der Waals surface area (Å²) in [6, 6.07) is 6.71. The largest absolute Gasteiger partial charge is 0.326 e. The number of rotatable bonds is 5. The molecule has 1 aromatic carbocycles. The minimum absolute atomic E-state index is 0.0322. The van der Waals surface area contributed by atoms with E-state index in [0.717, 1.165) is 54.3 Å². The second-order valence-corrected chi connectivity index (χ2v) is 10.3. The van der Waals surface area contributed by atoms with Gasteiger partial charge in [-0.15, -0.1) is 0 Å². The summed E-state index contributed by atoms with van der Waals surface area (Å²) in [6.07, 6.45) is 5.13. The molecular formula is C22H27N3O3S2. The molecule has 4 rings (SSSR count). The second kappa shape index (κ2) is 9.56. The molecular weight excluding hydrogens is 418 g/mol. The number of benzene rings is 1. The molecule has 2 heterocycles. The van der Waals surface area contributed by atoms with Crippen molar-refractivity contribution in [3.8, 4) is 0 Å². The Morgan fingerprint density at radius 3 is 2.60 bits per heavy atom. The van der Waals surface area contributed by atoms with E-state index >= 15 is 0 Å². The molecule has 0 spiro atoms. The molecule has 0 radical (unpaired) electrons. The zero-order chi connectivity index (χ0) is 21.1. The standard InChI is InChI=1S/C22H27N3O3S2/c1-15-7-9-17(10-8-15)25-19(26)13-18(21(25)28)24(16-5-3-2-4-6-16)20(27)14-30-22-23-11-12-29-22/h7-10,16,18H,2-6,11-14H2,1H3. The number of carbonyl (C=O) groups excluding carboxylic acids is 3. The third-order valence-electron chi connectivity index (χ3n) is 5.88. The monoisotopic (exact) mass is 445 g/mol. The normalized spacial score (nSPS) is 22.5. The van der Waals surface area contributed by atoms with E-state index in [1.54, 1.807) is 28.8 Å². The van der Waals surface area contributed by atoms with E-state index in [1.807, 2.05) is 19.1 Å². The van der Waals surface area contributed by atoms with Crippen LogP contribution >= 0.6 is 23.5 Å². The topological polar surface area (TPSA) is 70.1 Å². The number of carbonyl (C=O) groups is 3. The molecule has 1 atom stereocenters. The van der Waals surface area contributed by atoms with Gasteiger partial charge in [-0.1, -0.05) is 60.5 Å². The summed E-state index contributed by atoms with van der Waals surface area (Å²) in [5, 5.41) is 0. The summed E-state index contributed by atoms with van der Waals surface area (Å²) in [5.74, 6) is 0.666. The van der Waals surface area contributed by atoms with Crippen LogP contribution in [0.2, 0.25) is 0 Å². The SMILES string of the molecule is Cc1ccc(N2C(=O)CC(N(C(=O)CSC3=NCCS3)C3CCCCC3)C2=O)cc1. The highest BCUT2D eigenvalue weighted by molar-refractivity contribution is 8.39. The maximum absolute atomic E-state index is 13.3. The number of hydrogen-bond acceptors (Lipinski definition) is 6. The molecule has 8 heteroatoms. The number of hydrogen-bond donors (Lipinski definition) is 0. The lowest BCUT2D eigenvalue weighted by atomic mass is 9.92. The zero-order valence-electron chi connectivity index (χ0n) is 17.2. The lowest BCUT2D eigenvalue weighted by molar-refractivity contribution is -0.139. The zero-order valence-corrected chi connectivity index (χ0v) is 18.8. The molecule has 160 valence electrons. The Balaban J connectivity index is 1.54. The van der Waals surface area contributed by atoms with Gasteiger partial charge in [-0.2, -0.15) is 0 Å². The van der Waals surface area contributed by atoms with E-state index in [9.17, 15) is 14.4 Å². The molecule has 2 aliphatic heterocycles. The Hall–Kier alpha value is -1.80. The lowest BCUT2D eigenvalue weighted by Crippen LogP contribution is -2.52. The Morgan fingerprint density at radius 1 is 1.20 bits per heavy atom. The van der Waals surface area contributed by atoms with Crippen LogP contribution in [0.25, 0.3) is 0 Å². The molecule has 2 fully saturated rings. The maximum Gasteiger partial charge on any atom is 0.257 e. The number of aryl methyl sites for hydroxylation is 1. The molecule has 1 saturated heterocycles. The van der Waals surface area contributed by atoms with E-state index in [2.05, 4.69) is 4.99 Å². The summed E-state index contributed by atoms with van der Waals surface area (Å²) in [4.78, 5) is 46.8. The van der Waals surface area contributed by atoms with E-state index < -0.39 is 6.04 Å². The van der Waals surface area contributed by atoms with E-state index in [1.165, 1.54) is 16.7 Å². The lowest BCUT2D eigenvalue weighted by Gasteiger charge is -2.37. The third kappa shape index (κ3) is 4.59. The van der Waals surface area contributed by atoms with Crippen molar-refractivity contribution in [3.63, 3.8) is 0 Å². The third-order valence-corrected chi connectivity index (χ3v) is 8.12. The molecule has 0 bridgehead atoms. The van der Waals surface area contributed by atoms with Crippen LogP contribution in [0.3, 0.4) is 0 Å². The Labute approximate surface area is 185 Å². The van der Waals surface area contributed by atoms with Crippen molar-refractivity contribution >= 4 is 51.3 Å². The quantitative estimate of drug-likeness (QED) is 0.648. The van der Waals surface area contributed by atoms with Crippen molar-refractivity contribution in [3.05, 3.63) is 29.8 Å². The molecule has 0 aromatic heterocycles. The van der Waals surface area contributed by atoms with Gasteiger partial charge in [-0.3, -0.25) is 19.4 Å². The number of thioether (sulfide) groups is 2. The van der Waals surface area contributed by atoms with Gasteiger partial charge in [0, 0.05) is 11.8 Å². The summed E-state index contributed by atoms with van der Waals surface area (Å²) in [6.45, 7) is 2.77. The fourth-order valence-electron chi connectivity index (χ4n) is 4.39. The second-order valence-electron chi connectivity index (χ2n) is 8.00. The van der Waals surface area contributed by atoms with Gasteiger partial charge < -0.3 is 4.90 Å². The average Bonchev–Trinajstić information content (AvgIpc) is 3.37. The van der Waals surface area contributed by atoms with Crippen LogP contribution in [0, 0.1) is 6.92 Å². The molecule has 1 aromatic rings. The maximum atomic E-state index is 13.3. The van der Waals surface area contributed by atoms with Crippen molar-refractivity contribution < 1.29 is 14.4 Å².